The van der Waals surface area contributed by atoms with Crippen LogP contribution in [-0.2, 0) is 16.6 Å². The summed E-state index contributed by atoms with van der Waals surface area (Å²) in [6.07, 6.45) is 0.722. The summed E-state index contributed by atoms with van der Waals surface area (Å²) in [5, 5.41) is 12.7. The van der Waals surface area contributed by atoms with Crippen LogP contribution in [0.5, 0.6) is 5.75 Å². The number of fused-ring (bicyclic) bond motifs is 1. The van der Waals surface area contributed by atoms with Gasteiger partial charge in [0, 0.05) is 36.8 Å². The Balaban J connectivity index is 1.49. The van der Waals surface area contributed by atoms with Gasteiger partial charge in [-0.25, -0.2) is 8.42 Å². The number of aliphatic hydroxyl groups excluding tert-OH is 1. The maximum absolute atomic E-state index is 13.5. The molecule has 4 rings (SSSR count). The average Bonchev–Trinajstić information content (AvgIpc) is 2.95. The van der Waals surface area contributed by atoms with Gasteiger partial charge in [-0.15, -0.1) is 0 Å². The Morgan fingerprint density at radius 2 is 1.86 bits per heavy atom. The van der Waals surface area contributed by atoms with Crippen LogP contribution in [0.2, 0.25) is 0 Å². The number of nitrogens with zero attached hydrogens (tertiary/aromatic N) is 2. The second kappa shape index (κ2) is 13.4. The van der Waals surface area contributed by atoms with E-state index in [0.29, 0.717) is 42.3 Å². The molecule has 0 aromatic heterocycles. The molecule has 12 heteroatoms. The molecular weight excluding hydrogens is 570 g/mol. The zero-order valence-corrected chi connectivity index (χ0v) is 25.6. The van der Waals surface area contributed by atoms with Gasteiger partial charge >= 0.3 is 0 Å². The van der Waals surface area contributed by atoms with Crippen molar-refractivity contribution < 1.29 is 27.9 Å². The molecule has 1 heterocycles. The summed E-state index contributed by atoms with van der Waals surface area (Å²) in [5.74, 6) is -0.330. The van der Waals surface area contributed by atoms with Gasteiger partial charge in [0.1, 0.15) is 11.9 Å². The molecule has 5 N–H and O–H groups in total. The molecule has 0 unspecified atom stereocenters. The van der Waals surface area contributed by atoms with E-state index in [-0.39, 0.29) is 41.7 Å². The van der Waals surface area contributed by atoms with E-state index in [9.17, 15) is 23.1 Å². The van der Waals surface area contributed by atoms with Gasteiger partial charge in [-0.2, -0.15) is 0 Å². The fraction of sp³-hybridized carbons (Fsp3) is 0.355. The maximum Gasteiger partial charge on any atom is 0.258 e. The molecule has 0 saturated heterocycles. The summed E-state index contributed by atoms with van der Waals surface area (Å²) >= 11 is 0. The Morgan fingerprint density at radius 3 is 2.51 bits per heavy atom. The Morgan fingerprint density at radius 1 is 1.16 bits per heavy atom. The SMILES string of the molecule is C[C@@H]1CN([C@H](C)CO)C(=O)c2cc(NS(C)(=O)=O)ccc2O[C@H]1CN(C)Cc1ccc(C(=O)Nc2ccccc2N)cc1. The van der Waals surface area contributed by atoms with E-state index in [0.717, 1.165) is 11.8 Å². The van der Waals surface area contributed by atoms with Crippen LogP contribution in [-0.4, -0.2) is 80.3 Å². The maximum atomic E-state index is 13.5. The molecule has 0 spiro atoms. The molecule has 2 amide bonds. The van der Waals surface area contributed by atoms with Gasteiger partial charge in [-0.3, -0.25) is 19.2 Å². The third kappa shape index (κ3) is 8.25. The molecule has 0 aliphatic carbocycles. The molecule has 0 saturated carbocycles. The first-order chi connectivity index (χ1) is 20.3. The number of nitrogens with two attached hydrogens (primary N) is 1. The highest BCUT2D eigenvalue weighted by atomic mass is 32.2. The Hall–Kier alpha value is -4.13. The summed E-state index contributed by atoms with van der Waals surface area (Å²) in [7, 11) is -1.59. The number of likely N-dealkylation sites (N-methyl/N-ethyl adjacent to an activating group) is 1. The topological polar surface area (TPSA) is 154 Å². The standard InChI is InChI=1S/C31H39N5O6S/c1-20-16-36(21(2)19-37)31(39)25-15-24(34-43(4,40)41)13-14-28(25)42-29(20)18-35(3)17-22-9-11-23(12-10-22)30(38)33-27-8-6-5-7-26(27)32/h5-15,20-21,29,34,37H,16-19,32H2,1-4H3,(H,33,38)/t20-,21-,29+/m1/s1. The normalized spacial score (nSPS) is 17.8. The van der Waals surface area contributed by atoms with Crippen LogP contribution in [0.25, 0.3) is 0 Å². The molecule has 0 fully saturated rings. The largest absolute Gasteiger partial charge is 0.488 e. The lowest BCUT2D eigenvalue weighted by molar-refractivity contribution is 0.0341. The summed E-state index contributed by atoms with van der Waals surface area (Å²) < 4.78 is 32.4. The number of nitrogen functional groups attached to an aromatic ring is 1. The molecule has 230 valence electrons. The lowest BCUT2D eigenvalue weighted by atomic mass is 9.99. The lowest BCUT2D eigenvalue weighted by Crippen LogP contribution is -2.49. The van der Waals surface area contributed by atoms with Crippen molar-refractivity contribution in [2.24, 2.45) is 5.92 Å². The van der Waals surface area contributed by atoms with Crippen LogP contribution in [0.3, 0.4) is 0 Å². The summed E-state index contributed by atoms with van der Waals surface area (Å²) in [6.45, 7) is 5.01. The van der Waals surface area contributed by atoms with E-state index < -0.39 is 16.1 Å². The number of sulfonamides is 1. The van der Waals surface area contributed by atoms with Crippen molar-refractivity contribution in [3.8, 4) is 5.75 Å². The summed E-state index contributed by atoms with van der Waals surface area (Å²) in [5.41, 5.74) is 8.97. The van der Waals surface area contributed by atoms with Crippen LogP contribution < -0.4 is 20.5 Å². The number of amides is 2. The number of rotatable bonds is 10. The summed E-state index contributed by atoms with van der Waals surface area (Å²) in [4.78, 5) is 29.9. The molecule has 1 aliphatic rings. The Bertz CT molecular complexity index is 1560. The van der Waals surface area contributed by atoms with E-state index in [1.54, 1.807) is 60.4 Å². The number of carbonyl (C=O) groups is 2. The minimum Gasteiger partial charge on any atom is -0.488 e. The van der Waals surface area contributed by atoms with E-state index in [1.807, 2.05) is 26.1 Å². The van der Waals surface area contributed by atoms with Crippen molar-refractivity contribution in [2.75, 3.05) is 48.8 Å². The van der Waals surface area contributed by atoms with Crippen molar-refractivity contribution in [1.82, 2.24) is 9.80 Å². The number of ether oxygens (including phenoxy) is 1. The number of nitrogens with one attached hydrogen (secondary N) is 2. The van der Waals surface area contributed by atoms with Crippen LogP contribution in [0.1, 0.15) is 40.1 Å². The van der Waals surface area contributed by atoms with Gasteiger partial charge in [0.2, 0.25) is 10.0 Å². The average molecular weight is 610 g/mol. The number of hydrogen-bond donors (Lipinski definition) is 4. The van der Waals surface area contributed by atoms with E-state index in [4.69, 9.17) is 10.5 Å². The highest BCUT2D eigenvalue weighted by Crippen LogP contribution is 2.31. The highest BCUT2D eigenvalue weighted by molar-refractivity contribution is 7.92. The van der Waals surface area contributed by atoms with E-state index >= 15 is 0 Å². The fourth-order valence-electron chi connectivity index (χ4n) is 4.97. The third-order valence-electron chi connectivity index (χ3n) is 7.34. The van der Waals surface area contributed by atoms with Crippen molar-refractivity contribution in [2.45, 2.75) is 32.5 Å². The van der Waals surface area contributed by atoms with Crippen LogP contribution in [0, 0.1) is 5.92 Å². The second-order valence-corrected chi connectivity index (χ2v) is 12.9. The quantitative estimate of drug-likeness (QED) is 0.256. The predicted molar refractivity (Wildman–Crippen MR) is 168 cm³/mol. The van der Waals surface area contributed by atoms with Crippen molar-refractivity contribution in [3.63, 3.8) is 0 Å². The van der Waals surface area contributed by atoms with E-state index in [1.165, 1.54) is 6.07 Å². The third-order valence-corrected chi connectivity index (χ3v) is 7.94. The number of hydrogen-bond acceptors (Lipinski definition) is 8. The number of benzene rings is 3. The Kier molecular flexibility index (Phi) is 9.95. The molecular formula is C31H39N5O6S. The Labute approximate surface area is 252 Å². The van der Waals surface area contributed by atoms with Crippen molar-refractivity contribution in [1.29, 1.82) is 0 Å². The smallest absolute Gasteiger partial charge is 0.258 e. The van der Waals surface area contributed by atoms with Gasteiger partial charge in [-0.1, -0.05) is 31.2 Å². The number of aliphatic hydroxyl groups is 1. The van der Waals surface area contributed by atoms with Crippen LogP contribution in [0.4, 0.5) is 17.1 Å². The van der Waals surface area contributed by atoms with Crippen molar-refractivity contribution in [3.05, 3.63) is 83.4 Å². The minimum absolute atomic E-state index is 0.0844. The molecule has 3 aromatic rings. The predicted octanol–water partition coefficient (Wildman–Crippen LogP) is 3.24. The first-order valence-corrected chi connectivity index (χ1v) is 15.9. The minimum atomic E-state index is -3.55. The van der Waals surface area contributed by atoms with Gasteiger partial charge < -0.3 is 25.8 Å². The van der Waals surface area contributed by atoms with Gasteiger partial charge in [-0.05, 0) is 62.0 Å². The zero-order valence-electron chi connectivity index (χ0n) is 24.8. The molecule has 0 bridgehead atoms. The molecule has 43 heavy (non-hydrogen) atoms. The van der Waals surface area contributed by atoms with Gasteiger partial charge in [0.05, 0.1) is 35.8 Å². The molecule has 11 nitrogen and oxygen atoms in total. The second-order valence-electron chi connectivity index (χ2n) is 11.1. The molecule has 3 atom stereocenters. The zero-order chi connectivity index (χ0) is 31.3. The van der Waals surface area contributed by atoms with Crippen LogP contribution in [0.15, 0.2) is 66.7 Å². The highest BCUT2D eigenvalue weighted by Gasteiger charge is 2.33. The van der Waals surface area contributed by atoms with Gasteiger partial charge in [0.15, 0.2) is 0 Å². The number of para-hydroxylation sites is 2. The first-order valence-electron chi connectivity index (χ1n) is 14.0. The van der Waals surface area contributed by atoms with Crippen molar-refractivity contribution >= 4 is 38.9 Å². The van der Waals surface area contributed by atoms with E-state index in [2.05, 4.69) is 14.9 Å². The number of anilines is 3. The number of carbonyl (C=O) groups excluding carboxylic acids is 2. The molecule has 3 aromatic carbocycles. The summed E-state index contributed by atoms with van der Waals surface area (Å²) in [6, 6.07) is 18.6. The van der Waals surface area contributed by atoms with Gasteiger partial charge in [0.25, 0.3) is 11.8 Å². The first kappa shape index (κ1) is 31.8. The monoisotopic (exact) mass is 609 g/mol. The lowest BCUT2D eigenvalue weighted by Gasteiger charge is -2.38. The molecule has 1 aliphatic heterocycles. The van der Waals surface area contributed by atoms with Crippen LogP contribution >= 0.6 is 0 Å². The fourth-order valence-corrected chi connectivity index (χ4v) is 5.52. The molecule has 0 radical (unpaired) electrons.